The molecule has 0 radical (unpaired) electrons. The van der Waals surface area contributed by atoms with Crippen molar-refractivity contribution in [1.82, 2.24) is 9.97 Å². The van der Waals surface area contributed by atoms with Gasteiger partial charge in [0, 0.05) is 12.6 Å². The van der Waals surface area contributed by atoms with Crippen molar-refractivity contribution in [2.45, 2.75) is 19.3 Å². The zero-order valence-electron chi connectivity index (χ0n) is 10.2. The third-order valence-electron chi connectivity index (χ3n) is 4.02. The molecule has 0 saturated heterocycles. The Hall–Kier alpha value is -1.89. The van der Waals surface area contributed by atoms with Gasteiger partial charge in [0.1, 0.15) is 23.9 Å². The zero-order chi connectivity index (χ0) is 12.4. The standard InChI is InChI=1S/C14H16N4/c15-8-13-7-14(18-9-17-13)16-4-3-12-6-10-1-2-11(12)5-10/h1-2,7,9-12H,3-6H2,(H,16,17,18)/t10-,11+,12-/m1/s1. The molecule has 1 heterocycles. The van der Waals surface area contributed by atoms with E-state index in [9.17, 15) is 0 Å². The molecule has 1 saturated carbocycles. The van der Waals surface area contributed by atoms with Crippen molar-refractivity contribution in [3.8, 4) is 6.07 Å². The second kappa shape index (κ2) is 4.77. The molecule has 18 heavy (non-hydrogen) atoms. The molecular weight excluding hydrogens is 224 g/mol. The number of nitrogens with zero attached hydrogens (tertiary/aromatic N) is 3. The highest BCUT2D eigenvalue weighted by Crippen LogP contribution is 2.44. The van der Waals surface area contributed by atoms with Crippen LogP contribution in [0, 0.1) is 29.1 Å². The monoisotopic (exact) mass is 240 g/mol. The Morgan fingerprint density at radius 1 is 1.33 bits per heavy atom. The summed E-state index contributed by atoms with van der Waals surface area (Å²) in [6.07, 6.45) is 10.1. The molecule has 0 unspecified atom stereocenters. The third kappa shape index (κ3) is 2.21. The van der Waals surface area contributed by atoms with Crippen LogP contribution in [0.15, 0.2) is 24.5 Å². The summed E-state index contributed by atoms with van der Waals surface area (Å²) in [6.45, 7) is 0.920. The fourth-order valence-electron chi connectivity index (χ4n) is 3.13. The quantitative estimate of drug-likeness (QED) is 0.821. The van der Waals surface area contributed by atoms with Crippen LogP contribution in [0.4, 0.5) is 5.82 Å². The molecule has 2 aliphatic carbocycles. The van der Waals surface area contributed by atoms with E-state index in [-0.39, 0.29) is 0 Å². The molecule has 0 amide bonds. The van der Waals surface area contributed by atoms with Crippen molar-refractivity contribution in [2.24, 2.45) is 17.8 Å². The van der Waals surface area contributed by atoms with Crippen LogP contribution < -0.4 is 5.32 Å². The van der Waals surface area contributed by atoms with E-state index in [0.717, 1.165) is 30.1 Å². The molecule has 3 rings (SSSR count). The Morgan fingerprint density at radius 2 is 2.28 bits per heavy atom. The van der Waals surface area contributed by atoms with Gasteiger partial charge in [-0.05, 0) is 37.0 Å². The maximum atomic E-state index is 8.76. The molecule has 4 nitrogen and oxygen atoms in total. The van der Waals surface area contributed by atoms with Gasteiger partial charge in [0.05, 0.1) is 0 Å². The molecule has 3 atom stereocenters. The minimum atomic E-state index is 0.412. The molecule has 1 fully saturated rings. The summed E-state index contributed by atoms with van der Waals surface area (Å²) in [5.74, 6) is 3.21. The summed E-state index contributed by atoms with van der Waals surface area (Å²) in [5.41, 5.74) is 0.412. The van der Waals surface area contributed by atoms with Gasteiger partial charge in [0.2, 0.25) is 0 Å². The molecule has 2 aliphatic rings. The SMILES string of the molecule is N#Cc1cc(NCC[C@@H]2C[C@@H]3C=C[C@H]2C3)ncn1. The minimum absolute atomic E-state index is 0.412. The molecule has 92 valence electrons. The number of fused-ring (bicyclic) bond motifs is 2. The van der Waals surface area contributed by atoms with Crippen molar-refractivity contribution in [3.05, 3.63) is 30.2 Å². The second-order valence-electron chi connectivity index (χ2n) is 5.16. The van der Waals surface area contributed by atoms with Crippen LogP contribution in [-0.4, -0.2) is 16.5 Å². The van der Waals surface area contributed by atoms with Crippen LogP contribution >= 0.6 is 0 Å². The average molecular weight is 240 g/mol. The molecule has 0 aliphatic heterocycles. The Bertz CT molecular complexity index is 503. The molecule has 0 spiro atoms. The second-order valence-corrected chi connectivity index (χ2v) is 5.16. The van der Waals surface area contributed by atoms with Crippen LogP contribution in [0.3, 0.4) is 0 Å². The number of rotatable bonds is 4. The van der Waals surface area contributed by atoms with Crippen molar-refractivity contribution in [2.75, 3.05) is 11.9 Å². The van der Waals surface area contributed by atoms with E-state index in [1.807, 2.05) is 6.07 Å². The first-order valence-electron chi connectivity index (χ1n) is 6.49. The number of nitriles is 1. The Morgan fingerprint density at radius 3 is 3.00 bits per heavy atom. The van der Waals surface area contributed by atoms with Gasteiger partial charge in [-0.2, -0.15) is 5.26 Å². The third-order valence-corrected chi connectivity index (χ3v) is 4.02. The first kappa shape index (κ1) is 11.2. The number of hydrogen-bond donors (Lipinski definition) is 1. The maximum Gasteiger partial charge on any atom is 0.145 e. The van der Waals surface area contributed by atoms with Crippen LogP contribution in [0.25, 0.3) is 0 Å². The highest BCUT2D eigenvalue weighted by molar-refractivity contribution is 5.38. The number of allylic oxidation sites excluding steroid dienone is 2. The first-order chi connectivity index (χ1) is 8.85. The summed E-state index contributed by atoms with van der Waals surface area (Å²) < 4.78 is 0. The largest absolute Gasteiger partial charge is 0.370 e. The van der Waals surface area contributed by atoms with Crippen LogP contribution in [-0.2, 0) is 0 Å². The van der Waals surface area contributed by atoms with Crippen LogP contribution in [0.2, 0.25) is 0 Å². The van der Waals surface area contributed by atoms with Gasteiger partial charge in [-0.25, -0.2) is 9.97 Å². The van der Waals surface area contributed by atoms with E-state index in [1.54, 1.807) is 6.07 Å². The smallest absolute Gasteiger partial charge is 0.145 e. The van der Waals surface area contributed by atoms with E-state index >= 15 is 0 Å². The van der Waals surface area contributed by atoms with E-state index in [4.69, 9.17) is 5.26 Å². The minimum Gasteiger partial charge on any atom is -0.370 e. The fourth-order valence-corrected chi connectivity index (χ4v) is 3.13. The van der Waals surface area contributed by atoms with E-state index in [1.165, 1.54) is 25.6 Å². The Balaban J connectivity index is 1.50. The van der Waals surface area contributed by atoms with Crippen molar-refractivity contribution < 1.29 is 0 Å². The Kier molecular flexibility index (Phi) is 2.97. The van der Waals surface area contributed by atoms with Crippen molar-refractivity contribution in [1.29, 1.82) is 5.26 Å². The van der Waals surface area contributed by atoms with Gasteiger partial charge >= 0.3 is 0 Å². The van der Waals surface area contributed by atoms with Crippen molar-refractivity contribution in [3.63, 3.8) is 0 Å². The highest BCUT2D eigenvalue weighted by atomic mass is 15.0. The number of aromatic nitrogens is 2. The molecule has 1 aromatic heterocycles. The first-order valence-corrected chi connectivity index (χ1v) is 6.49. The van der Waals surface area contributed by atoms with E-state index in [0.29, 0.717) is 5.69 Å². The summed E-state index contributed by atoms with van der Waals surface area (Å²) >= 11 is 0. The Labute approximate surface area is 107 Å². The maximum absolute atomic E-state index is 8.76. The zero-order valence-corrected chi connectivity index (χ0v) is 10.2. The van der Waals surface area contributed by atoms with Crippen LogP contribution in [0.5, 0.6) is 0 Å². The van der Waals surface area contributed by atoms with Gasteiger partial charge in [-0.15, -0.1) is 0 Å². The lowest BCUT2D eigenvalue weighted by atomic mass is 9.91. The predicted octanol–water partition coefficient (Wildman–Crippen LogP) is 2.36. The lowest BCUT2D eigenvalue weighted by Crippen LogP contribution is -2.13. The van der Waals surface area contributed by atoms with Gasteiger partial charge in [-0.1, -0.05) is 12.2 Å². The van der Waals surface area contributed by atoms with Gasteiger partial charge in [0.15, 0.2) is 0 Å². The number of anilines is 1. The molecule has 2 bridgehead atoms. The topological polar surface area (TPSA) is 61.6 Å². The highest BCUT2D eigenvalue weighted by Gasteiger charge is 2.34. The molecular formula is C14H16N4. The molecule has 0 aromatic carbocycles. The summed E-state index contributed by atoms with van der Waals surface area (Å²) in [4.78, 5) is 7.97. The average Bonchev–Trinajstić information content (AvgIpc) is 3.01. The van der Waals surface area contributed by atoms with Gasteiger partial charge < -0.3 is 5.32 Å². The number of nitrogens with one attached hydrogen (secondary N) is 1. The lowest BCUT2D eigenvalue weighted by molar-refractivity contribution is 0.426. The molecule has 4 heteroatoms. The van der Waals surface area contributed by atoms with E-state index in [2.05, 4.69) is 27.4 Å². The fraction of sp³-hybridized carbons (Fsp3) is 0.500. The predicted molar refractivity (Wildman–Crippen MR) is 68.7 cm³/mol. The van der Waals surface area contributed by atoms with Crippen LogP contribution in [0.1, 0.15) is 25.0 Å². The summed E-state index contributed by atoms with van der Waals surface area (Å²) in [5, 5.41) is 12.0. The van der Waals surface area contributed by atoms with E-state index < -0.39 is 0 Å². The van der Waals surface area contributed by atoms with Gasteiger partial charge in [0.25, 0.3) is 0 Å². The normalized spacial score (nSPS) is 28.3. The van der Waals surface area contributed by atoms with Crippen molar-refractivity contribution >= 4 is 5.82 Å². The number of hydrogen-bond acceptors (Lipinski definition) is 4. The molecule has 1 aromatic rings. The van der Waals surface area contributed by atoms with Gasteiger partial charge in [-0.3, -0.25) is 0 Å². The summed E-state index contributed by atoms with van der Waals surface area (Å²) in [7, 11) is 0. The lowest BCUT2D eigenvalue weighted by Gasteiger charge is -2.18. The molecule has 1 N–H and O–H groups in total. The summed E-state index contributed by atoms with van der Waals surface area (Å²) in [6, 6.07) is 3.72.